The van der Waals surface area contributed by atoms with E-state index < -0.39 is 5.63 Å². The fourth-order valence-corrected chi connectivity index (χ4v) is 1.75. The molecular formula is C12H10N2O4S. The molecule has 6 nitrogen and oxygen atoms in total. The lowest BCUT2D eigenvalue weighted by Gasteiger charge is -2.07. The van der Waals surface area contributed by atoms with Crippen molar-refractivity contribution in [2.45, 2.75) is 6.92 Å². The zero-order valence-electron chi connectivity index (χ0n) is 9.89. The number of thiocarbonyl (C=S) groups is 1. The summed E-state index contributed by atoms with van der Waals surface area (Å²) in [5, 5.41) is 14.8. The summed E-state index contributed by atoms with van der Waals surface area (Å²) < 4.78 is 5.03. The monoisotopic (exact) mass is 278 g/mol. The van der Waals surface area contributed by atoms with E-state index in [1.807, 2.05) is 0 Å². The SMILES string of the molecule is CC(=O)NC(=S)Nc1cc2ccc(O)cc2oc1=O. The summed E-state index contributed by atoms with van der Waals surface area (Å²) in [5.41, 5.74) is -0.274. The summed E-state index contributed by atoms with van der Waals surface area (Å²) in [5.74, 6) is -0.335. The minimum Gasteiger partial charge on any atom is -0.508 e. The number of phenols is 1. The zero-order valence-corrected chi connectivity index (χ0v) is 10.7. The van der Waals surface area contributed by atoms with Crippen molar-refractivity contribution in [1.29, 1.82) is 0 Å². The summed E-state index contributed by atoms with van der Waals surface area (Å²) in [6.45, 7) is 1.31. The van der Waals surface area contributed by atoms with Crippen molar-refractivity contribution in [1.82, 2.24) is 5.32 Å². The van der Waals surface area contributed by atoms with Crippen LogP contribution in [0, 0.1) is 0 Å². The molecule has 0 atom stereocenters. The van der Waals surface area contributed by atoms with E-state index in [1.54, 1.807) is 6.07 Å². The van der Waals surface area contributed by atoms with Gasteiger partial charge in [-0.3, -0.25) is 4.79 Å². The first kappa shape index (κ1) is 13.0. The van der Waals surface area contributed by atoms with Crippen molar-refractivity contribution in [2.75, 3.05) is 5.32 Å². The van der Waals surface area contributed by atoms with Crippen LogP contribution in [-0.2, 0) is 4.79 Å². The Labute approximate surface area is 113 Å². The van der Waals surface area contributed by atoms with E-state index >= 15 is 0 Å². The number of fused-ring (bicyclic) bond motifs is 1. The van der Waals surface area contributed by atoms with E-state index in [-0.39, 0.29) is 28.0 Å². The highest BCUT2D eigenvalue weighted by Gasteiger charge is 2.08. The van der Waals surface area contributed by atoms with Gasteiger partial charge in [0.05, 0.1) is 0 Å². The Bertz CT molecular complexity index is 723. The van der Waals surface area contributed by atoms with Crippen LogP contribution in [0.25, 0.3) is 11.0 Å². The maximum atomic E-state index is 11.7. The summed E-state index contributed by atoms with van der Waals surface area (Å²) in [7, 11) is 0. The van der Waals surface area contributed by atoms with Crippen LogP contribution in [0.15, 0.2) is 33.5 Å². The van der Waals surface area contributed by atoms with E-state index in [0.717, 1.165) is 0 Å². The van der Waals surface area contributed by atoms with Crippen LogP contribution in [-0.4, -0.2) is 16.1 Å². The quantitative estimate of drug-likeness (QED) is 0.538. The number of carbonyl (C=O) groups is 1. The Kier molecular flexibility index (Phi) is 3.48. The van der Waals surface area contributed by atoms with Crippen molar-refractivity contribution < 1.29 is 14.3 Å². The average molecular weight is 278 g/mol. The Balaban J connectivity index is 2.36. The summed E-state index contributed by atoms with van der Waals surface area (Å²) in [6.07, 6.45) is 0. The van der Waals surface area contributed by atoms with Crippen molar-refractivity contribution >= 4 is 39.9 Å². The maximum absolute atomic E-state index is 11.7. The molecule has 0 fully saturated rings. The Morgan fingerprint density at radius 3 is 2.79 bits per heavy atom. The molecule has 0 unspecified atom stereocenters. The summed E-state index contributed by atoms with van der Waals surface area (Å²) in [4.78, 5) is 22.5. The Morgan fingerprint density at radius 1 is 1.37 bits per heavy atom. The standard InChI is InChI=1S/C12H10N2O4S/c1-6(15)13-12(19)14-9-4-7-2-3-8(16)5-10(7)18-11(9)17/h2-5,16H,1H3,(H2,13,14,15,19). The lowest BCUT2D eigenvalue weighted by atomic mass is 10.2. The molecule has 1 aromatic carbocycles. The minimum absolute atomic E-state index is 0.00475. The molecule has 2 rings (SSSR count). The van der Waals surface area contributed by atoms with Gasteiger partial charge in [-0.1, -0.05) is 0 Å². The van der Waals surface area contributed by atoms with Gasteiger partial charge in [0.15, 0.2) is 5.11 Å². The Morgan fingerprint density at radius 2 is 2.11 bits per heavy atom. The topological polar surface area (TPSA) is 91.6 Å². The maximum Gasteiger partial charge on any atom is 0.360 e. The van der Waals surface area contributed by atoms with E-state index in [1.165, 1.54) is 25.1 Å². The smallest absolute Gasteiger partial charge is 0.360 e. The van der Waals surface area contributed by atoms with Crippen LogP contribution in [0.2, 0.25) is 0 Å². The van der Waals surface area contributed by atoms with E-state index in [4.69, 9.17) is 16.6 Å². The van der Waals surface area contributed by atoms with Gasteiger partial charge < -0.3 is 20.2 Å². The van der Waals surface area contributed by atoms with Crippen molar-refractivity contribution in [3.05, 3.63) is 34.7 Å². The number of rotatable bonds is 1. The van der Waals surface area contributed by atoms with Gasteiger partial charge in [-0.25, -0.2) is 4.79 Å². The first-order valence-electron chi connectivity index (χ1n) is 5.31. The molecule has 2 aromatic rings. The molecule has 3 N–H and O–H groups in total. The lowest BCUT2D eigenvalue weighted by Crippen LogP contribution is -2.33. The number of hydrogen-bond acceptors (Lipinski definition) is 5. The second-order valence-electron chi connectivity index (χ2n) is 3.80. The van der Waals surface area contributed by atoms with Gasteiger partial charge in [0.25, 0.3) is 0 Å². The van der Waals surface area contributed by atoms with Crippen molar-refractivity contribution in [3.63, 3.8) is 0 Å². The number of anilines is 1. The molecule has 0 aliphatic carbocycles. The van der Waals surface area contributed by atoms with E-state index in [2.05, 4.69) is 10.6 Å². The van der Waals surface area contributed by atoms with Crippen LogP contribution < -0.4 is 16.3 Å². The van der Waals surface area contributed by atoms with Gasteiger partial charge >= 0.3 is 5.63 Å². The molecule has 0 radical (unpaired) electrons. The highest BCUT2D eigenvalue weighted by atomic mass is 32.1. The highest BCUT2D eigenvalue weighted by Crippen LogP contribution is 2.20. The van der Waals surface area contributed by atoms with Crippen LogP contribution in [0.5, 0.6) is 5.75 Å². The number of aromatic hydroxyl groups is 1. The third-order valence-corrected chi connectivity index (χ3v) is 2.46. The van der Waals surface area contributed by atoms with Crippen LogP contribution >= 0.6 is 12.2 Å². The number of amides is 1. The van der Waals surface area contributed by atoms with Crippen LogP contribution in [0.3, 0.4) is 0 Å². The van der Waals surface area contributed by atoms with Gasteiger partial charge in [0.1, 0.15) is 17.0 Å². The first-order chi connectivity index (χ1) is 8.95. The molecule has 1 amide bonds. The average Bonchev–Trinajstić information content (AvgIpc) is 2.29. The van der Waals surface area contributed by atoms with Crippen molar-refractivity contribution in [3.8, 4) is 5.75 Å². The van der Waals surface area contributed by atoms with Crippen LogP contribution in [0.4, 0.5) is 5.69 Å². The number of hydrogen-bond donors (Lipinski definition) is 3. The molecule has 0 bridgehead atoms. The molecule has 0 spiro atoms. The number of phenolic OH excluding ortho intramolecular Hbond substituents is 1. The second-order valence-corrected chi connectivity index (χ2v) is 4.21. The molecule has 19 heavy (non-hydrogen) atoms. The van der Waals surface area contributed by atoms with Gasteiger partial charge in [0.2, 0.25) is 5.91 Å². The number of benzene rings is 1. The molecule has 0 saturated heterocycles. The highest BCUT2D eigenvalue weighted by molar-refractivity contribution is 7.80. The molecule has 1 aromatic heterocycles. The molecule has 98 valence electrons. The Hall–Kier alpha value is -2.41. The summed E-state index contributed by atoms with van der Waals surface area (Å²) >= 11 is 4.85. The predicted octanol–water partition coefficient (Wildman–Crippen LogP) is 1.33. The molecular weight excluding hydrogens is 268 g/mol. The van der Waals surface area contributed by atoms with E-state index in [9.17, 15) is 14.7 Å². The predicted molar refractivity (Wildman–Crippen MR) is 74.2 cm³/mol. The fourth-order valence-electron chi connectivity index (χ4n) is 1.50. The third kappa shape index (κ3) is 3.08. The fraction of sp³-hybridized carbons (Fsp3) is 0.0833. The lowest BCUT2D eigenvalue weighted by molar-refractivity contribution is -0.117. The normalized spacial score (nSPS) is 10.2. The van der Waals surface area contributed by atoms with Gasteiger partial charge in [-0.15, -0.1) is 0 Å². The molecule has 0 saturated carbocycles. The molecule has 0 aliphatic heterocycles. The van der Waals surface area contributed by atoms with Crippen LogP contribution in [0.1, 0.15) is 6.92 Å². The molecule has 7 heteroatoms. The molecule has 0 aliphatic rings. The first-order valence-corrected chi connectivity index (χ1v) is 5.72. The minimum atomic E-state index is -0.647. The van der Waals surface area contributed by atoms with Crippen molar-refractivity contribution in [2.24, 2.45) is 0 Å². The molecule has 1 heterocycles. The summed E-state index contributed by atoms with van der Waals surface area (Å²) in [6, 6.07) is 5.93. The van der Waals surface area contributed by atoms with Gasteiger partial charge in [-0.05, 0) is 30.4 Å². The van der Waals surface area contributed by atoms with E-state index in [0.29, 0.717) is 5.39 Å². The third-order valence-electron chi connectivity index (χ3n) is 2.26. The number of nitrogens with one attached hydrogen (secondary N) is 2. The second kappa shape index (κ2) is 5.07. The zero-order chi connectivity index (χ0) is 14.0. The number of carbonyl (C=O) groups excluding carboxylic acids is 1. The van der Waals surface area contributed by atoms with Gasteiger partial charge in [-0.2, -0.15) is 0 Å². The van der Waals surface area contributed by atoms with Gasteiger partial charge in [0, 0.05) is 18.4 Å². The largest absolute Gasteiger partial charge is 0.508 e.